The fourth-order valence-corrected chi connectivity index (χ4v) is 2.70. The average Bonchev–Trinajstić information content (AvgIpc) is 2.88. The number of alkyl carbamates (subject to hydrolysis) is 1. The van der Waals surface area contributed by atoms with Crippen molar-refractivity contribution in [2.45, 2.75) is 38.8 Å². The van der Waals surface area contributed by atoms with Crippen LogP contribution in [0.2, 0.25) is 10.3 Å². The summed E-state index contributed by atoms with van der Waals surface area (Å²) in [5.41, 5.74) is -0.658. The van der Waals surface area contributed by atoms with Crippen LogP contribution in [0.5, 0.6) is 0 Å². The molecular formula is C15H18Cl2FN3O3. The molecule has 2 amide bonds. The van der Waals surface area contributed by atoms with E-state index in [0.29, 0.717) is 13.0 Å². The summed E-state index contributed by atoms with van der Waals surface area (Å²) in [4.78, 5) is 29.3. The van der Waals surface area contributed by atoms with E-state index in [1.54, 1.807) is 20.8 Å². The van der Waals surface area contributed by atoms with Gasteiger partial charge in [-0.1, -0.05) is 23.2 Å². The van der Waals surface area contributed by atoms with Crippen LogP contribution in [0.15, 0.2) is 6.07 Å². The number of carbonyl (C=O) groups is 2. The highest BCUT2D eigenvalue weighted by atomic mass is 35.5. The Morgan fingerprint density at radius 3 is 2.67 bits per heavy atom. The van der Waals surface area contributed by atoms with Gasteiger partial charge in [0.15, 0.2) is 11.0 Å². The van der Waals surface area contributed by atoms with Gasteiger partial charge in [-0.25, -0.2) is 14.2 Å². The number of aromatic nitrogens is 1. The van der Waals surface area contributed by atoms with Gasteiger partial charge in [-0.3, -0.25) is 4.79 Å². The minimum Gasteiger partial charge on any atom is -0.444 e. The Morgan fingerprint density at radius 1 is 1.38 bits per heavy atom. The predicted octanol–water partition coefficient (Wildman–Crippen LogP) is 3.27. The topological polar surface area (TPSA) is 71.5 Å². The first-order valence-electron chi connectivity index (χ1n) is 7.37. The maximum Gasteiger partial charge on any atom is 0.407 e. The zero-order valence-corrected chi connectivity index (χ0v) is 15.0. The third-order valence-corrected chi connectivity index (χ3v) is 3.87. The van der Waals surface area contributed by atoms with Gasteiger partial charge in [-0.2, -0.15) is 0 Å². The number of ether oxygens (including phenoxy) is 1. The third kappa shape index (κ3) is 4.70. The number of halogens is 3. The van der Waals surface area contributed by atoms with Crippen molar-refractivity contribution in [2.75, 3.05) is 13.1 Å². The van der Waals surface area contributed by atoms with Crippen molar-refractivity contribution in [3.05, 3.63) is 27.8 Å². The van der Waals surface area contributed by atoms with Crippen LogP contribution >= 0.6 is 23.2 Å². The molecule has 6 nitrogen and oxygen atoms in total. The molecule has 1 aromatic rings. The summed E-state index contributed by atoms with van der Waals surface area (Å²) in [7, 11) is 0. The van der Waals surface area contributed by atoms with Crippen LogP contribution in [0.4, 0.5) is 9.18 Å². The quantitative estimate of drug-likeness (QED) is 0.802. The lowest BCUT2D eigenvalue weighted by molar-refractivity contribution is 0.0502. The summed E-state index contributed by atoms with van der Waals surface area (Å²) in [5, 5.41) is 2.16. The minimum absolute atomic E-state index is 0.0588. The van der Waals surface area contributed by atoms with E-state index in [4.69, 9.17) is 27.9 Å². The molecule has 1 aliphatic heterocycles. The van der Waals surface area contributed by atoms with Gasteiger partial charge in [0.2, 0.25) is 0 Å². The molecule has 0 radical (unpaired) electrons. The van der Waals surface area contributed by atoms with Crippen LogP contribution in [0.1, 0.15) is 37.6 Å². The Kier molecular flexibility index (Phi) is 5.55. The molecule has 1 aromatic heterocycles. The lowest BCUT2D eigenvalue weighted by atomic mass is 10.2. The predicted molar refractivity (Wildman–Crippen MR) is 87.9 cm³/mol. The first-order valence-corrected chi connectivity index (χ1v) is 8.13. The first-order chi connectivity index (χ1) is 11.1. The molecule has 0 aromatic carbocycles. The molecule has 0 bridgehead atoms. The van der Waals surface area contributed by atoms with Crippen molar-refractivity contribution in [1.29, 1.82) is 0 Å². The van der Waals surface area contributed by atoms with Crippen LogP contribution in [-0.2, 0) is 4.74 Å². The summed E-state index contributed by atoms with van der Waals surface area (Å²) >= 11 is 11.4. The van der Waals surface area contributed by atoms with Crippen LogP contribution in [0.3, 0.4) is 0 Å². The van der Waals surface area contributed by atoms with Crippen molar-refractivity contribution < 1.29 is 18.7 Å². The summed E-state index contributed by atoms with van der Waals surface area (Å²) in [6.45, 7) is 5.97. The number of likely N-dealkylation sites (tertiary alicyclic amines) is 1. The van der Waals surface area contributed by atoms with E-state index in [1.807, 2.05) is 0 Å². The molecule has 1 aliphatic rings. The summed E-state index contributed by atoms with van der Waals surface area (Å²) in [6.07, 6.45) is 0.0190. The van der Waals surface area contributed by atoms with Crippen LogP contribution in [0.25, 0.3) is 0 Å². The summed E-state index contributed by atoms with van der Waals surface area (Å²) < 4.78 is 18.7. The number of hydrogen-bond donors (Lipinski definition) is 1. The maximum absolute atomic E-state index is 13.5. The molecule has 1 saturated heterocycles. The van der Waals surface area contributed by atoms with Crippen LogP contribution in [0, 0.1) is 5.82 Å². The SMILES string of the molecule is CC(C)(C)OC(=O)N[C@H]1CCN(C(=O)c2cc(F)c(Cl)nc2Cl)C1. The van der Waals surface area contributed by atoms with Gasteiger partial charge in [-0.15, -0.1) is 0 Å². The van der Waals surface area contributed by atoms with Crippen molar-refractivity contribution in [1.82, 2.24) is 15.2 Å². The highest BCUT2D eigenvalue weighted by Crippen LogP contribution is 2.23. The van der Waals surface area contributed by atoms with Crippen molar-refractivity contribution in [2.24, 2.45) is 0 Å². The van der Waals surface area contributed by atoms with Gasteiger partial charge in [0, 0.05) is 13.1 Å². The van der Waals surface area contributed by atoms with Crippen molar-refractivity contribution >= 4 is 35.2 Å². The van der Waals surface area contributed by atoms with E-state index >= 15 is 0 Å². The van der Waals surface area contributed by atoms with Gasteiger partial charge in [0.1, 0.15) is 10.8 Å². The minimum atomic E-state index is -0.813. The monoisotopic (exact) mass is 377 g/mol. The zero-order valence-electron chi connectivity index (χ0n) is 13.5. The van der Waals surface area contributed by atoms with E-state index in [9.17, 15) is 14.0 Å². The lowest BCUT2D eigenvalue weighted by Gasteiger charge is -2.22. The van der Waals surface area contributed by atoms with E-state index in [0.717, 1.165) is 6.07 Å². The number of amides is 2. The highest BCUT2D eigenvalue weighted by Gasteiger charge is 2.30. The Bertz CT molecular complexity index is 664. The maximum atomic E-state index is 13.5. The molecule has 132 valence electrons. The van der Waals surface area contributed by atoms with E-state index in [2.05, 4.69) is 10.3 Å². The number of hydrogen-bond acceptors (Lipinski definition) is 4. The first kappa shape index (κ1) is 18.7. The second-order valence-corrected chi connectivity index (χ2v) is 7.20. The zero-order chi connectivity index (χ0) is 18.1. The number of rotatable bonds is 2. The molecule has 1 N–H and O–H groups in total. The molecule has 2 heterocycles. The second-order valence-electron chi connectivity index (χ2n) is 6.48. The third-order valence-electron chi connectivity index (χ3n) is 3.31. The molecule has 1 atom stereocenters. The van der Waals surface area contributed by atoms with E-state index < -0.39 is 23.4 Å². The van der Waals surface area contributed by atoms with Crippen molar-refractivity contribution in [3.8, 4) is 0 Å². The summed E-state index contributed by atoms with van der Waals surface area (Å²) in [6, 6.07) is 0.724. The number of nitrogens with one attached hydrogen (secondary N) is 1. The van der Waals surface area contributed by atoms with Gasteiger partial charge in [-0.05, 0) is 33.3 Å². The van der Waals surface area contributed by atoms with Gasteiger partial charge in [0.05, 0.1) is 11.6 Å². The number of pyridine rings is 1. The molecule has 1 fully saturated rings. The second kappa shape index (κ2) is 7.11. The van der Waals surface area contributed by atoms with Crippen molar-refractivity contribution in [3.63, 3.8) is 0 Å². The van der Waals surface area contributed by atoms with Crippen LogP contribution in [-0.4, -0.2) is 46.6 Å². The Morgan fingerprint density at radius 2 is 2.04 bits per heavy atom. The normalized spacial score (nSPS) is 17.8. The smallest absolute Gasteiger partial charge is 0.407 e. The lowest BCUT2D eigenvalue weighted by Crippen LogP contribution is -2.41. The fraction of sp³-hybridized carbons (Fsp3) is 0.533. The average molecular weight is 378 g/mol. The largest absolute Gasteiger partial charge is 0.444 e. The number of carbonyl (C=O) groups excluding carboxylic acids is 2. The van der Waals surface area contributed by atoms with Crippen LogP contribution < -0.4 is 5.32 Å². The molecule has 0 aliphatic carbocycles. The Balaban J connectivity index is 1.99. The van der Waals surface area contributed by atoms with Gasteiger partial charge in [0.25, 0.3) is 5.91 Å². The molecule has 9 heteroatoms. The van der Waals surface area contributed by atoms with E-state index in [-0.39, 0.29) is 28.5 Å². The molecule has 2 rings (SSSR count). The Hall–Kier alpha value is -1.60. The number of nitrogens with zero attached hydrogens (tertiary/aromatic N) is 2. The standard InChI is InChI=1S/C15H18Cl2FN3O3/c1-15(2,3)24-14(23)19-8-4-5-21(7-8)13(22)9-6-10(18)12(17)20-11(9)16/h6,8H,4-5,7H2,1-3H3,(H,19,23)/t8-/m0/s1. The van der Waals surface area contributed by atoms with Gasteiger partial charge >= 0.3 is 6.09 Å². The molecule has 0 unspecified atom stereocenters. The molecule has 24 heavy (non-hydrogen) atoms. The fourth-order valence-electron chi connectivity index (χ4n) is 2.30. The molecule has 0 saturated carbocycles. The van der Waals surface area contributed by atoms with Gasteiger partial charge < -0.3 is 15.0 Å². The molecular weight excluding hydrogens is 360 g/mol. The van der Waals surface area contributed by atoms with E-state index in [1.165, 1.54) is 4.90 Å². The molecule has 0 spiro atoms. The Labute approximate surface area is 149 Å². The highest BCUT2D eigenvalue weighted by molar-refractivity contribution is 6.34. The summed E-state index contributed by atoms with van der Waals surface area (Å²) in [5.74, 6) is -1.27.